The van der Waals surface area contributed by atoms with E-state index in [9.17, 15) is 9.59 Å². The predicted molar refractivity (Wildman–Crippen MR) is 63.8 cm³/mol. The SMILES string of the molecule is Cn1cc(C2CC(=O)OC(=O)C2)c2cccnc21. The summed E-state index contributed by atoms with van der Waals surface area (Å²) < 4.78 is 6.47. The van der Waals surface area contributed by atoms with E-state index < -0.39 is 11.9 Å². The molecule has 92 valence electrons. The van der Waals surface area contributed by atoms with Crippen molar-refractivity contribution >= 4 is 23.0 Å². The van der Waals surface area contributed by atoms with Gasteiger partial charge in [0.25, 0.3) is 0 Å². The summed E-state index contributed by atoms with van der Waals surface area (Å²) in [5.74, 6) is -0.999. The maximum atomic E-state index is 11.3. The molecule has 18 heavy (non-hydrogen) atoms. The number of aromatic nitrogens is 2. The highest BCUT2D eigenvalue weighted by Crippen LogP contribution is 2.33. The van der Waals surface area contributed by atoms with Gasteiger partial charge < -0.3 is 9.30 Å². The Balaban J connectivity index is 2.09. The molecule has 0 amide bonds. The molecule has 3 rings (SSSR count). The Morgan fingerprint density at radius 2 is 2.06 bits per heavy atom. The molecule has 1 aliphatic rings. The Hall–Kier alpha value is -2.17. The zero-order chi connectivity index (χ0) is 12.7. The fourth-order valence-corrected chi connectivity index (χ4v) is 2.47. The number of carbonyl (C=O) groups is 2. The van der Waals surface area contributed by atoms with Crippen molar-refractivity contribution in [3.63, 3.8) is 0 Å². The zero-order valence-electron chi connectivity index (χ0n) is 9.92. The van der Waals surface area contributed by atoms with Gasteiger partial charge in [-0.25, -0.2) is 4.98 Å². The minimum atomic E-state index is -0.447. The topological polar surface area (TPSA) is 61.2 Å². The smallest absolute Gasteiger partial charge is 0.314 e. The maximum absolute atomic E-state index is 11.3. The van der Waals surface area contributed by atoms with E-state index in [0.717, 1.165) is 16.6 Å². The maximum Gasteiger partial charge on any atom is 0.314 e. The van der Waals surface area contributed by atoms with Gasteiger partial charge in [-0.3, -0.25) is 9.59 Å². The van der Waals surface area contributed by atoms with Crippen molar-refractivity contribution in [3.05, 3.63) is 30.1 Å². The molecule has 0 bridgehead atoms. The Morgan fingerprint density at radius 3 is 2.78 bits per heavy atom. The lowest BCUT2D eigenvalue weighted by atomic mass is 9.91. The lowest BCUT2D eigenvalue weighted by Crippen LogP contribution is -2.24. The standard InChI is InChI=1S/C13H12N2O3/c1-15-7-10(9-3-2-4-14-13(9)15)8-5-11(16)18-12(17)6-8/h2-4,7-8H,5-6H2,1H3. The summed E-state index contributed by atoms with van der Waals surface area (Å²) in [6.45, 7) is 0. The van der Waals surface area contributed by atoms with E-state index in [1.165, 1.54) is 0 Å². The average molecular weight is 244 g/mol. The fraction of sp³-hybridized carbons (Fsp3) is 0.308. The van der Waals surface area contributed by atoms with Gasteiger partial charge in [0.2, 0.25) is 0 Å². The van der Waals surface area contributed by atoms with Gasteiger partial charge in [0.05, 0.1) is 12.8 Å². The van der Waals surface area contributed by atoms with E-state index in [1.54, 1.807) is 6.20 Å². The highest BCUT2D eigenvalue weighted by Gasteiger charge is 2.30. The number of rotatable bonds is 1. The molecule has 0 unspecified atom stereocenters. The van der Waals surface area contributed by atoms with Crippen molar-refractivity contribution in [2.75, 3.05) is 0 Å². The summed E-state index contributed by atoms with van der Waals surface area (Å²) in [6, 6.07) is 3.82. The molecule has 0 aliphatic carbocycles. The highest BCUT2D eigenvalue weighted by atomic mass is 16.6. The number of fused-ring (bicyclic) bond motifs is 1. The Labute approximate surface area is 103 Å². The number of hydrogen-bond donors (Lipinski definition) is 0. The molecule has 2 aromatic heterocycles. The summed E-state index contributed by atoms with van der Waals surface area (Å²) in [5, 5.41) is 0.993. The monoisotopic (exact) mass is 244 g/mol. The van der Waals surface area contributed by atoms with Crippen molar-refractivity contribution < 1.29 is 14.3 Å². The van der Waals surface area contributed by atoms with E-state index in [4.69, 9.17) is 0 Å². The molecular weight excluding hydrogens is 232 g/mol. The van der Waals surface area contributed by atoms with Crippen LogP contribution in [0.4, 0.5) is 0 Å². The first-order chi connectivity index (χ1) is 8.65. The van der Waals surface area contributed by atoms with Crippen LogP contribution >= 0.6 is 0 Å². The number of carbonyl (C=O) groups excluding carboxylic acids is 2. The average Bonchev–Trinajstić information content (AvgIpc) is 2.66. The van der Waals surface area contributed by atoms with Gasteiger partial charge in [-0.15, -0.1) is 0 Å². The van der Waals surface area contributed by atoms with Crippen molar-refractivity contribution in [2.45, 2.75) is 18.8 Å². The summed E-state index contributed by atoms with van der Waals surface area (Å²) in [5.41, 5.74) is 1.85. The van der Waals surface area contributed by atoms with Crippen LogP contribution in [0.5, 0.6) is 0 Å². The lowest BCUT2D eigenvalue weighted by molar-refractivity contribution is -0.163. The third-order valence-corrected chi connectivity index (χ3v) is 3.26. The molecule has 2 aromatic rings. The molecule has 1 fully saturated rings. The minimum absolute atomic E-state index is 0.105. The Kier molecular flexibility index (Phi) is 2.40. The second-order valence-corrected chi connectivity index (χ2v) is 4.52. The van der Waals surface area contributed by atoms with Gasteiger partial charge in [-0.2, -0.15) is 0 Å². The molecule has 0 N–H and O–H groups in total. The third kappa shape index (κ3) is 1.68. The first-order valence-corrected chi connectivity index (χ1v) is 5.78. The Bertz CT molecular complexity index is 629. The van der Waals surface area contributed by atoms with E-state index in [2.05, 4.69) is 9.72 Å². The van der Waals surface area contributed by atoms with Gasteiger partial charge in [-0.05, 0) is 17.7 Å². The summed E-state index contributed by atoms with van der Waals surface area (Å²) >= 11 is 0. The van der Waals surface area contributed by atoms with Crippen molar-refractivity contribution in [3.8, 4) is 0 Å². The second kappa shape index (κ2) is 3.94. The quantitative estimate of drug-likeness (QED) is 0.563. The lowest BCUT2D eigenvalue weighted by Gasteiger charge is -2.19. The van der Waals surface area contributed by atoms with E-state index in [1.807, 2.05) is 29.9 Å². The van der Waals surface area contributed by atoms with E-state index in [0.29, 0.717) is 0 Å². The molecular formula is C13H12N2O3. The third-order valence-electron chi connectivity index (χ3n) is 3.26. The number of pyridine rings is 1. The van der Waals surface area contributed by atoms with E-state index in [-0.39, 0.29) is 18.8 Å². The first kappa shape index (κ1) is 11.0. The van der Waals surface area contributed by atoms with Crippen LogP contribution in [0.1, 0.15) is 24.3 Å². The van der Waals surface area contributed by atoms with Crippen molar-refractivity contribution in [1.82, 2.24) is 9.55 Å². The van der Waals surface area contributed by atoms with Crippen LogP contribution in [0.2, 0.25) is 0 Å². The number of aryl methyl sites for hydroxylation is 1. The number of hydrogen-bond acceptors (Lipinski definition) is 4. The first-order valence-electron chi connectivity index (χ1n) is 5.78. The van der Waals surface area contributed by atoms with Crippen LogP contribution in [0.15, 0.2) is 24.5 Å². The molecule has 1 saturated heterocycles. The molecule has 1 aliphatic heterocycles. The van der Waals surface area contributed by atoms with Crippen LogP contribution < -0.4 is 0 Å². The molecule has 0 atom stereocenters. The van der Waals surface area contributed by atoms with Crippen LogP contribution in [0, 0.1) is 0 Å². The van der Waals surface area contributed by atoms with Crippen LogP contribution in [-0.2, 0) is 21.4 Å². The second-order valence-electron chi connectivity index (χ2n) is 4.52. The van der Waals surface area contributed by atoms with Crippen LogP contribution in [-0.4, -0.2) is 21.5 Å². The number of esters is 2. The van der Waals surface area contributed by atoms with Crippen molar-refractivity contribution in [1.29, 1.82) is 0 Å². The fourth-order valence-electron chi connectivity index (χ4n) is 2.47. The number of cyclic esters (lactones) is 2. The van der Waals surface area contributed by atoms with Crippen LogP contribution in [0.25, 0.3) is 11.0 Å². The van der Waals surface area contributed by atoms with Gasteiger partial charge >= 0.3 is 11.9 Å². The molecule has 0 spiro atoms. The van der Waals surface area contributed by atoms with E-state index >= 15 is 0 Å². The normalized spacial score (nSPS) is 17.2. The van der Waals surface area contributed by atoms with Gasteiger partial charge in [0.15, 0.2) is 0 Å². The molecule has 0 radical (unpaired) electrons. The molecule has 3 heterocycles. The van der Waals surface area contributed by atoms with Gasteiger partial charge in [-0.1, -0.05) is 0 Å². The largest absolute Gasteiger partial charge is 0.393 e. The molecule has 0 saturated carbocycles. The predicted octanol–water partition coefficient (Wildman–Crippen LogP) is 1.52. The minimum Gasteiger partial charge on any atom is -0.393 e. The summed E-state index contributed by atoms with van der Waals surface area (Å²) in [4.78, 5) is 27.0. The summed E-state index contributed by atoms with van der Waals surface area (Å²) in [6.07, 6.45) is 4.17. The van der Waals surface area contributed by atoms with Gasteiger partial charge in [0.1, 0.15) is 5.65 Å². The molecule has 5 heteroatoms. The van der Waals surface area contributed by atoms with Gasteiger partial charge in [0, 0.05) is 30.7 Å². The number of nitrogens with zero attached hydrogens (tertiary/aromatic N) is 2. The van der Waals surface area contributed by atoms with Crippen molar-refractivity contribution in [2.24, 2.45) is 7.05 Å². The molecule has 5 nitrogen and oxygen atoms in total. The summed E-state index contributed by atoms with van der Waals surface area (Å²) in [7, 11) is 1.90. The number of ether oxygens (including phenoxy) is 1. The Morgan fingerprint density at radius 1 is 1.33 bits per heavy atom. The highest BCUT2D eigenvalue weighted by molar-refractivity contribution is 5.91. The molecule has 0 aromatic carbocycles. The zero-order valence-corrected chi connectivity index (χ0v) is 9.92. The van der Waals surface area contributed by atoms with Crippen LogP contribution in [0.3, 0.4) is 0 Å².